The van der Waals surface area contributed by atoms with Crippen molar-refractivity contribution in [3.8, 4) is 0 Å². The van der Waals surface area contributed by atoms with Crippen LogP contribution in [0.2, 0.25) is 5.02 Å². The van der Waals surface area contributed by atoms with Crippen molar-refractivity contribution in [3.05, 3.63) is 28.8 Å². The van der Waals surface area contributed by atoms with Gasteiger partial charge in [-0.3, -0.25) is 9.59 Å². The maximum Gasteiger partial charge on any atom is 0.226 e. The second-order valence-electron chi connectivity index (χ2n) is 4.86. The van der Waals surface area contributed by atoms with Gasteiger partial charge in [-0.05, 0) is 24.6 Å². The first-order valence-corrected chi connectivity index (χ1v) is 7.40. The number of nitrogens with two attached hydrogens (primary N) is 1. The summed E-state index contributed by atoms with van der Waals surface area (Å²) in [4.78, 5) is 23.5. The number of nitrogens with one attached hydrogen (secondary N) is 2. The van der Waals surface area contributed by atoms with Gasteiger partial charge in [-0.1, -0.05) is 17.7 Å². The van der Waals surface area contributed by atoms with Gasteiger partial charge in [0.25, 0.3) is 0 Å². The molecule has 0 fully saturated rings. The summed E-state index contributed by atoms with van der Waals surface area (Å²) < 4.78 is 5.02. The summed E-state index contributed by atoms with van der Waals surface area (Å²) in [6, 6.07) is 5.31. The molecule has 6 nitrogen and oxygen atoms in total. The highest BCUT2D eigenvalue weighted by Gasteiger charge is 2.12. The Kier molecular flexibility index (Phi) is 7.87. The SMILES string of the molecule is COC(CN)CC(=O)NCCC(=O)Nc1cccc(Cl)c1C. The number of carbonyl (C=O) groups excluding carboxylic acids is 2. The fourth-order valence-electron chi connectivity index (χ4n) is 1.81. The number of methoxy groups -OCH3 is 1. The molecule has 2 amide bonds. The number of hydrogen-bond donors (Lipinski definition) is 3. The Bertz CT molecular complexity index is 519. The van der Waals surface area contributed by atoms with Crippen LogP contribution in [-0.4, -0.2) is 38.1 Å². The molecule has 0 aliphatic heterocycles. The van der Waals surface area contributed by atoms with Gasteiger partial charge in [0, 0.05) is 37.3 Å². The number of rotatable bonds is 8. The van der Waals surface area contributed by atoms with Crippen LogP contribution in [-0.2, 0) is 14.3 Å². The average molecular weight is 328 g/mol. The fraction of sp³-hybridized carbons (Fsp3) is 0.467. The molecule has 0 radical (unpaired) electrons. The van der Waals surface area contributed by atoms with Crippen LogP contribution in [0, 0.1) is 6.92 Å². The lowest BCUT2D eigenvalue weighted by molar-refractivity contribution is -0.123. The van der Waals surface area contributed by atoms with Gasteiger partial charge in [-0.2, -0.15) is 0 Å². The minimum Gasteiger partial charge on any atom is -0.380 e. The summed E-state index contributed by atoms with van der Waals surface area (Å²) in [5.41, 5.74) is 6.93. The van der Waals surface area contributed by atoms with Gasteiger partial charge in [0.15, 0.2) is 0 Å². The minimum atomic E-state index is -0.303. The summed E-state index contributed by atoms with van der Waals surface area (Å²) in [5, 5.41) is 6.03. The van der Waals surface area contributed by atoms with E-state index >= 15 is 0 Å². The number of ether oxygens (including phenoxy) is 1. The van der Waals surface area contributed by atoms with E-state index in [1.807, 2.05) is 6.92 Å². The number of anilines is 1. The van der Waals surface area contributed by atoms with Gasteiger partial charge in [0.1, 0.15) is 0 Å². The van der Waals surface area contributed by atoms with E-state index < -0.39 is 0 Å². The van der Waals surface area contributed by atoms with Crippen molar-refractivity contribution in [1.82, 2.24) is 5.32 Å². The Morgan fingerprint density at radius 3 is 2.73 bits per heavy atom. The lowest BCUT2D eigenvalue weighted by Gasteiger charge is -2.13. The predicted molar refractivity (Wildman–Crippen MR) is 86.9 cm³/mol. The molecule has 0 aliphatic carbocycles. The van der Waals surface area contributed by atoms with Gasteiger partial charge >= 0.3 is 0 Å². The molecule has 0 saturated carbocycles. The highest BCUT2D eigenvalue weighted by atomic mass is 35.5. The van der Waals surface area contributed by atoms with Crippen molar-refractivity contribution in [1.29, 1.82) is 0 Å². The van der Waals surface area contributed by atoms with E-state index in [9.17, 15) is 9.59 Å². The van der Waals surface area contributed by atoms with E-state index in [-0.39, 0.29) is 43.8 Å². The lowest BCUT2D eigenvalue weighted by Crippen LogP contribution is -2.33. The van der Waals surface area contributed by atoms with E-state index in [4.69, 9.17) is 22.1 Å². The standard InChI is InChI=1S/C15H22ClN3O3/c1-10-12(16)4-3-5-13(10)19-14(20)6-7-18-15(21)8-11(9-17)22-2/h3-5,11H,6-9,17H2,1-2H3,(H,18,21)(H,19,20). The van der Waals surface area contributed by atoms with Gasteiger partial charge < -0.3 is 21.1 Å². The second-order valence-corrected chi connectivity index (χ2v) is 5.27. The summed E-state index contributed by atoms with van der Waals surface area (Å²) in [7, 11) is 1.51. The quantitative estimate of drug-likeness (QED) is 0.674. The van der Waals surface area contributed by atoms with E-state index in [0.717, 1.165) is 5.56 Å². The van der Waals surface area contributed by atoms with Gasteiger partial charge in [-0.15, -0.1) is 0 Å². The third-order valence-electron chi connectivity index (χ3n) is 3.23. The van der Waals surface area contributed by atoms with Crippen molar-refractivity contribution >= 4 is 29.1 Å². The summed E-state index contributed by atoms with van der Waals surface area (Å²) in [6.45, 7) is 2.36. The van der Waals surface area contributed by atoms with Gasteiger partial charge in [0.05, 0.1) is 12.5 Å². The van der Waals surface area contributed by atoms with Crippen LogP contribution in [0.1, 0.15) is 18.4 Å². The van der Waals surface area contributed by atoms with Crippen LogP contribution in [0.5, 0.6) is 0 Å². The Hall–Kier alpha value is -1.63. The molecule has 22 heavy (non-hydrogen) atoms. The van der Waals surface area contributed by atoms with Crippen LogP contribution >= 0.6 is 11.6 Å². The topological polar surface area (TPSA) is 93.4 Å². The lowest BCUT2D eigenvalue weighted by atomic mass is 10.2. The van der Waals surface area contributed by atoms with Crippen molar-refractivity contribution in [3.63, 3.8) is 0 Å². The predicted octanol–water partition coefficient (Wildman–Crippen LogP) is 1.46. The van der Waals surface area contributed by atoms with Gasteiger partial charge in [-0.25, -0.2) is 0 Å². The zero-order chi connectivity index (χ0) is 16.5. The molecule has 0 bridgehead atoms. The molecule has 1 aromatic carbocycles. The first kappa shape index (κ1) is 18.4. The Morgan fingerprint density at radius 1 is 1.36 bits per heavy atom. The van der Waals surface area contributed by atoms with Crippen LogP contribution in [0.3, 0.4) is 0 Å². The normalized spacial score (nSPS) is 11.8. The zero-order valence-corrected chi connectivity index (χ0v) is 13.6. The molecule has 1 rings (SSSR count). The molecular weight excluding hydrogens is 306 g/mol. The maximum atomic E-state index is 11.8. The van der Waals surface area contributed by atoms with Crippen LogP contribution < -0.4 is 16.4 Å². The van der Waals surface area contributed by atoms with Crippen LogP contribution in [0.4, 0.5) is 5.69 Å². The summed E-state index contributed by atoms with van der Waals surface area (Å²) in [5.74, 6) is -0.378. The Labute approximate surface area is 135 Å². The van der Waals surface area contributed by atoms with E-state index in [1.165, 1.54) is 7.11 Å². The molecule has 0 spiro atoms. The van der Waals surface area contributed by atoms with E-state index in [2.05, 4.69) is 10.6 Å². The highest BCUT2D eigenvalue weighted by molar-refractivity contribution is 6.31. The first-order valence-electron chi connectivity index (χ1n) is 7.02. The molecule has 0 aromatic heterocycles. The van der Waals surface area contributed by atoms with Crippen molar-refractivity contribution in [2.75, 3.05) is 25.5 Å². The smallest absolute Gasteiger partial charge is 0.226 e. The maximum absolute atomic E-state index is 11.8. The largest absolute Gasteiger partial charge is 0.380 e. The van der Waals surface area contributed by atoms with Crippen molar-refractivity contribution in [2.24, 2.45) is 5.73 Å². The molecule has 122 valence electrons. The van der Waals surface area contributed by atoms with Crippen molar-refractivity contribution < 1.29 is 14.3 Å². The zero-order valence-electron chi connectivity index (χ0n) is 12.8. The molecule has 0 aliphatic rings. The number of halogens is 1. The molecule has 4 N–H and O–H groups in total. The molecular formula is C15H22ClN3O3. The Morgan fingerprint density at radius 2 is 2.09 bits per heavy atom. The molecule has 0 heterocycles. The van der Waals surface area contributed by atoms with Gasteiger partial charge in [0.2, 0.25) is 11.8 Å². The molecule has 0 saturated heterocycles. The fourth-order valence-corrected chi connectivity index (χ4v) is 1.99. The third kappa shape index (κ3) is 6.01. The third-order valence-corrected chi connectivity index (χ3v) is 3.63. The first-order chi connectivity index (χ1) is 10.5. The van der Waals surface area contributed by atoms with E-state index in [1.54, 1.807) is 18.2 Å². The number of hydrogen-bond acceptors (Lipinski definition) is 4. The molecule has 1 aromatic rings. The van der Waals surface area contributed by atoms with Crippen molar-refractivity contribution in [2.45, 2.75) is 25.9 Å². The summed E-state index contributed by atoms with van der Waals surface area (Å²) >= 11 is 5.99. The van der Waals surface area contributed by atoms with Crippen LogP contribution in [0.15, 0.2) is 18.2 Å². The number of carbonyl (C=O) groups is 2. The average Bonchev–Trinajstić information content (AvgIpc) is 2.49. The van der Waals surface area contributed by atoms with Crippen LogP contribution in [0.25, 0.3) is 0 Å². The molecule has 7 heteroatoms. The Balaban J connectivity index is 2.35. The number of amides is 2. The number of benzene rings is 1. The molecule has 1 unspecified atom stereocenters. The summed E-state index contributed by atoms with van der Waals surface area (Å²) in [6.07, 6.45) is 0.0583. The minimum absolute atomic E-state index is 0.179. The van der Waals surface area contributed by atoms with E-state index in [0.29, 0.717) is 10.7 Å². The monoisotopic (exact) mass is 327 g/mol. The second kappa shape index (κ2) is 9.40. The molecule has 1 atom stereocenters. The highest BCUT2D eigenvalue weighted by Crippen LogP contribution is 2.22.